The van der Waals surface area contributed by atoms with E-state index in [1.165, 1.54) is 13.8 Å². The first-order valence-electron chi connectivity index (χ1n) is 17.5. The number of hydrogen-bond donors (Lipinski definition) is 5. The summed E-state index contributed by atoms with van der Waals surface area (Å²) in [6, 6.07) is 14.0. The number of amides is 2. The van der Waals surface area contributed by atoms with Gasteiger partial charge in [0.2, 0.25) is 17.6 Å². The van der Waals surface area contributed by atoms with Gasteiger partial charge in [-0.25, -0.2) is 0 Å². The summed E-state index contributed by atoms with van der Waals surface area (Å²) < 4.78 is 12.3. The number of likely N-dealkylation sites (N-methyl/N-ethyl adjacent to an activating group) is 1. The van der Waals surface area contributed by atoms with Crippen molar-refractivity contribution in [2.24, 2.45) is 0 Å². The quantitative estimate of drug-likeness (QED) is 0.202. The van der Waals surface area contributed by atoms with Crippen molar-refractivity contribution in [3.8, 4) is 0 Å². The largest absolute Gasteiger partial charge is 0.387 e. The second-order valence-corrected chi connectivity index (χ2v) is 15.5. The number of ether oxygens (including phenoxy) is 2. The molecule has 2 aliphatic heterocycles. The zero-order chi connectivity index (χ0) is 35.9. The molecule has 0 radical (unpaired) electrons. The Balaban J connectivity index is 1.21. The summed E-state index contributed by atoms with van der Waals surface area (Å²) in [6.07, 6.45) is -0.472. The van der Waals surface area contributed by atoms with Gasteiger partial charge in [-0.1, -0.05) is 36.4 Å². The lowest BCUT2D eigenvalue weighted by Crippen LogP contribution is -2.70. The third kappa shape index (κ3) is 7.30. The Hall–Kier alpha value is -2.90. The molecule has 1 aliphatic carbocycles. The average molecular weight is 682 g/mol. The third-order valence-corrected chi connectivity index (χ3v) is 10.6. The molecule has 2 heterocycles. The van der Waals surface area contributed by atoms with E-state index in [0.717, 1.165) is 48.1 Å². The van der Waals surface area contributed by atoms with E-state index in [1.807, 2.05) is 51.9 Å². The molecule has 3 aliphatic rings. The Morgan fingerprint density at radius 2 is 1.63 bits per heavy atom. The first kappa shape index (κ1) is 37.4. The normalized spacial score (nSPS) is 27.0. The van der Waals surface area contributed by atoms with E-state index >= 15 is 0 Å². The van der Waals surface area contributed by atoms with Gasteiger partial charge in [-0.2, -0.15) is 0 Å². The van der Waals surface area contributed by atoms with Gasteiger partial charge >= 0.3 is 0 Å². The maximum atomic E-state index is 13.4. The second kappa shape index (κ2) is 14.0. The molecule has 1 saturated carbocycles. The molecule has 2 aromatic rings. The van der Waals surface area contributed by atoms with Crippen LogP contribution in [0.5, 0.6) is 0 Å². The zero-order valence-electron chi connectivity index (χ0n) is 30.0. The van der Waals surface area contributed by atoms with E-state index in [2.05, 4.69) is 29.6 Å². The molecule has 2 aromatic carbocycles. The van der Waals surface area contributed by atoms with E-state index in [0.29, 0.717) is 31.4 Å². The molecule has 5 N–H and O–H groups in total. The van der Waals surface area contributed by atoms with Gasteiger partial charge < -0.3 is 45.0 Å². The highest BCUT2D eigenvalue weighted by Crippen LogP contribution is 2.53. The monoisotopic (exact) mass is 681 g/mol. The standard InChI is InChI=1S/C38H55N3O8/c1-24-11-16-28(38-33(45)31(43)32(44)37(49-38,23-48-38)36(4,5)47)22-27(24)21-26-14-12-25(13-15-26)9-8-10-30(42)41(29-17-18-29)35(2,3)34(46)39-19-20-40(6)7/h11-16,22,29,31-33,43-45,47H,8-10,17-21,23H2,1-7H3,(H,39,46)/t31-,32-,33+,37-,38-/m0/s1. The number of hydrogen-bond acceptors (Lipinski definition) is 9. The molecule has 2 amide bonds. The molecule has 2 saturated heterocycles. The lowest BCUT2D eigenvalue weighted by atomic mass is 9.75. The van der Waals surface area contributed by atoms with Crippen LogP contribution in [0.25, 0.3) is 0 Å². The highest BCUT2D eigenvalue weighted by Gasteiger charge is 2.71. The number of aliphatic hydroxyl groups is 4. The number of rotatable bonds is 14. The van der Waals surface area contributed by atoms with Crippen molar-refractivity contribution in [2.75, 3.05) is 33.8 Å². The van der Waals surface area contributed by atoms with Gasteiger partial charge in [-0.05, 0) is 109 Å². The molecule has 2 bridgehead atoms. The van der Waals surface area contributed by atoms with Gasteiger partial charge in [-0.15, -0.1) is 0 Å². The summed E-state index contributed by atoms with van der Waals surface area (Å²) >= 11 is 0. The number of nitrogens with one attached hydrogen (secondary N) is 1. The lowest BCUT2D eigenvalue weighted by molar-refractivity contribution is -0.348. The molecule has 3 fully saturated rings. The molecule has 11 heteroatoms. The Labute approximate surface area is 290 Å². The smallest absolute Gasteiger partial charge is 0.245 e. The Kier molecular flexibility index (Phi) is 10.7. The van der Waals surface area contributed by atoms with Crippen molar-refractivity contribution >= 4 is 11.8 Å². The van der Waals surface area contributed by atoms with E-state index in [-0.39, 0.29) is 24.5 Å². The Morgan fingerprint density at radius 1 is 0.980 bits per heavy atom. The summed E-state index contributed by atoms with van der Waals surface area (Å²) in [6.45, 7) is 9.72. The maximum Gasteiger partial charge on any atom is 0.245 e. The fourth-order valence-corrected chi connectivity index (χ4v) is 7.20. The average Bonchev–Trinajstić information content (AvgIpc) is 3.77. The van der Waals surface area contributed by atoms with E-state index in [1.54, 1.807) is 11.0 Å². The second-order valence-electron chi connectivity index (χ2n) is 15.5. The SMILES string of the molecule is Cc1ccc([C@]23OC[C@](C(C)(C)O)(O2)[C@@H](O)[C@H](O)[C@H]3O)cc1Cc1ccc(CCCC(=O)N(C2CC2)C(C)(C)C(=O)NCCN(C)C)cc1. The van der Waals surface area contributed by atoms with Crippen LogP contribution in [-0.2, 0) is 37.7 Å². The molecule has 270 valence electrons. The Morgan fingerprint density at radius 3 is 2.24 bits per heavy atom. The van der Waals surface area contributed by atoms with Gasteiger partial charge in [0, 0.05) is 31.1 Å². The van der Waals surface area contributed by atoms with Crippen molar-refractivity contribution in [2.45, 2.75) is 120 Å². The molecule has 11 nitrogen and oxygen atoms in total. The number of benzene rings is 2. The van der Waals surface area contributed by atoms with Gasteiger partial charge in [0.05, 0.1) is 12.2 Å². The lowest BCUT2D eigenvalue weighted by Gasteiger charge is -2.50. The fourth-order valence-electron chi connectivity index (χ4n) is 7.20. The van der Waals surface area contributed by atoms with Crippen LogP contribution in [-0.4, -0.2) is 117 Å². The minimum atomic E-state index is -1.75. The number of nitrogens with zero attached hydrogens (tertiary/aromatic N) is 2. The number of carbonyl (C=O) groups is 2. The van der Waals surface area contributed by atoms with Crippen LogP contribution < -0.4 is 5.32 Å². The predicted octanol–water partition coefficient (Wildman–Crippen LogP) is 2.16. The molecule has 5 atom stereocenters. The van der Waals surface area contributed by atoms with Crippen molar-refractivity contribution in [1.29, 1.82) is 0 Å². The number of aryl methyl sites for hydroxylation is 2. The van der Waals surface area contributed by atoms with Crippen LogP contribution in [0.1, 0.15) is 81.2 Å². The van der Waals surface area contributed by atoms with Crippen LogP contribution in [0.4, 0.5) is 0 Å². The van der Waals surface area contributed by atoms with E-state index < -0.39 is 40.8 Å². The topological polar surface area (TPSA) is 152 Å². The van der Waals surface area contributed by atoms with E-state index in [4.69, 9.17) is 9.47 Å². The summed E-state index contributed by atoms with van der Waals surface area (Å²) in [5.41, 5.74) is 0.581. The van der Waals surface area contributed by atoms with Crippen LogP contribution in [0.2, 0.25) is 0 Å². The highest BCUT2D eigenvalue weighted by molar-refractivity contribution is 5.91. The predicted molar refractivity (Wildman–Crippen MR) is 185 cm³/mol. The molecule has 5 rings (SSSR count). The van der Waals surface area contributed by atoms with Crippen LogP contribution in [0, 0.1) is 6.92 Å². The van der Waals surface area contributed by atoms with Gasteiger partial charge in [0.1, 0.15) is 23.9 Å². The molecular formula is C38H55N3O8. The molecular weight excluding hydrogens is 626 g/mol. The number of aliphatic hydroxyl groups excluding tert-OH is 3. The maximum absolute atomic E-state index is 13.4. The number of carbonyl (C=O) groups excluding carboxylic acids is 2. The van der Waals surface area contributed by atoms with Crippen molar-refractivity contribution < 1.29 is 39.5 Å². The van der Waals surface area contributed by atoms with Crippen molar-refractivity contribution in [3.05, 3.63) is 70.3 Å². The van der Waals surface area contributed by atoms with Crippen molar-refractivity contribution in [3.63, 3.8) is 0 Å². The first-order chi connectivity index (χ1) is 22.9. The Bertz CT molecular complexity index is 1500. The summed E-state index contributed by atoms with van der Waals surface area (Å²) in [7, 11) is 3.92. The van der Waals surface area contributed by atoms with Gasteiger partial charge in [0.25, 0.3) is 0 Å². The summed E-state index contributed by atoms with van der Waals surface area (Å²) in [5, 5.41) is 46.6. The fraction of sp³-hybridized carbons (Fsp3) is 0.632. The first-order valence-corrected chi connectivity index (χ1v) is 17.5. The zero-order valence-corrected chi connectivity index (χ0v) is 30.0. The molecule has 49 heavy (non-hydrogen) atoms. The van der Waals surface area contributed by atoms with Gasteiger partial charge in [0.15, 0.2) is 5.60 Å². The molecule has 0 spiro atoms. The van der Waals surface area contributed by atoms with Crippen molar-refractivity contribution in [1.82, 2.24) is 15.1 Å². The summed E-state index contributed by atoms with van der Waals surface area (Å²) in [4.78, 5) is 30.3. The van der Waals surface area contributed by atoms with Crippen LogP contribution >= 0.6 is 0 Å². The minimum absolute atomic E-state index is 0.0156. The third-order valence-electron chi connectivity index (χ3n) is 10.6. The molecule has 0 unspecified atom stereocenters. The van der Waals surface area contributed by atoms with E-state index in [9.17, 15) is 30.0 Å². The van der Waals surface area contributed by atoms with Crippen LogP contribution in [0.15, 0.2) is 42.5 Å². The van der Waals surface area contributed by atoms with Gasteiger partial charge in [-0.3, -0.25) is 9.59 Å². The minimum Gasteiger partial charge on any atom is -0.387 e. The molecule has 0 aromatic heterocycles. The number of fused-ring (bicyclic) bond motifs is 2. The van der Waals surface area contributed by atoms with Crippen LogP contribution in [0.3, 0.4) is 0 Å². The highest BCUT2D eigenvalue weighted by atomic mass is 16.8. The summed E-state index contributed by atoms with van der Waals surface area (Å²) in [5.74, 6) is -1.85.